The first-order valence-corrected chi connectivity index (χ1v) is 4.83. The Morgan fingerprint density at radius 3 is 1.93 bits per heavy atom. The third kappa shape index (κ3) is 2.09. The molecule has 0 amide bonds. The van der Waals surface area contributed by atoms with Crippen molar-refractivity contribution in [2.24, 2.45) is 0 Å². The molecule has 6 heteroatoms. The molecular weight excluding hydrogens is 270 g/mol. The number of hydrogen-bond acceptors (Lipinski definition) is 2. The monoisotopic (exact) mass is 271 g/mol. The van der Waals surface area contributed by atoms with E-state index in [-0.39, 0.29) is 25.7 Å². The fourth-order valence-corrected chi connectivity index (χ4v) is 1.72. The fourth-order valence-electron chi connectivity index (χ4n) is 0.803. The zero-order valence-corrected chi connectivity index (χ0v) is 9.85. The van der Waals surface area contributed by atoms with Gasteiger partial charge in [-0.1, -0.05) is 46.4 Å². The van der Waals surface area contributed by atoms with E-state index in [4.69, 9.17) is 46.4 Å². The van der Waals surface area contributed by atoms with Crippen molar-refractivity contribution in [3.63, 3.8) is 0 Å². The van der Waals surface area contributed by atoms with Crippen molar-refractivity contribution in [2.45, 2.75) is 0 Å². The third-order valence-electron chi connectivity index (χ3n) is 1.43. The summed E-state index contributed by atoms with van der Waals surface area (Å²) in [5.41, 5.74) is -0.0513. The smallest absolute Gasteiger partial charge is 0.341 e. The molecule has 0 unspecified atom stereocenters. The summed E-state index contributed by atoms with van der Waals surface area (Å²) < 4.78 is 4.47. The Hall–Kier alpha value is -0.150. The number of rotatable bonds is 1. The van der Waals surface area contributed by atoms with Crippen LogP contribution in [0.15, 0.2) is 0 Å². The minimum atomic E-state index is -0.696. The Labute approximate surface area is 101 Å². The number of esters is 1. The van der Waals surface area contributed by atoms with Crippen LogP contribution in [-0.4, -0.2) is 13.1 Å². The van der Waals surface area contributed by atoms with E-state index in [9.17, 15) is 4.79 Å². The first kappa shape index (κ1) is 11.9. The lowest BCUT2D eigenvalue weighted by Crippen LogP contribution is -2.03. The highest BCUT2D eigenvalue weighted by molar-refractivity contribution is 6.49. The van der Waals surface area contributed by atoms with Crippen molar-refractivity contribution in [3.8, 4) is 0 Å². The second kappa shape index (κ2) is 4.58. The molecule has 0 saturated carbocycles. The van der Waals surface area contributed by atoms with E-state index >= 15 is 0 Å². The van der Waals surface area contributed by atoms with Gasteiger partial charge in [0.15, 0.2) is 0 Å². The van der Waals surface area contributed by atoms with Crippen LogP contribution in [0.5, 0.6) is 0 Å². The van der Waals surface area contributed by atoms with Gasteiger partial charge in [0.05, 0.1) is 32.8 Å². The van der Waals surface area contributed by atoms with Crippen molar-refractivity contribution >= 4 is 52.4 Å². The highest BCUT2D eigenvalue weighted by Gasteiger charge is 2.20. The summed E-state index contributed by atoms with van der Waals surface area (Å²) in [6.45, 7) is 0. The summed E-state index contributed by atoms with van der Waals surface area (Å²) in [5, 5.41) is 0.0174. The number of hydrogen-bond donors (Lipinski definition) is 0. The van der Waals surface area contributed by atoms with Gasteiger partial charge in [-0.25, -0.2) is 4.79 Å². The van der Waals surface area contributed by atoms with Crippen molar-refractivity contribution in [2.75, 3.05) is 7.11 Å². The molecule has 0 aromatic heterocycles. The van der Waals surface area contributed by atoms with Gasteiger partial charge in [0.1, 0.15) is 0 Å². The van der Waals surface area contributed by atoms with Crippen LogP contribution in [0.3, 0.4) is 0 Å². The molecule has 0 aliphatic carbocycles. The molecule has 0 fully saturated rings. The lowest BCUT2D eigenvalue weighted by Gasteiger charge is -2.07. The standard InChI is InChI=1S/C8H3Cl4O2/c1-14-8(13)5-6(11)3(9)2-4(10)7(5)12/h1H3. The predicted molar refractivity (Wildman–Crippen MR) is 56.7 cm³/mol. The SMILES string of the molecule is COC(=O)c1c(Cl)c(Cl)[c]c(Cl)c1Cl. The summed E-state index contributed by atoms with van der Waals surface area (Å²) >= 11 is 22.8. The minimum absolute atomic E-state index is 0.0204. The summed E-state index contributed by atoms with van der Waals surface area (Å²) in [5.74, 6) is -0.696. The molecule has 0 spiro atoms. The number of methoxy groups -OCH3 is 1. The van der Waals surface area contributed by atoms with Gasteiger partial charge in [-0.2, -0.15) is 0 Å². The van der Waals surface area contributed by atoms with E-state index in [1.165, 1.54) is 7.11 Å². The molecule has 2 nitrogen and oxygen atoms in total. The Morgan fingerprint density at radius 2 is 1.57 bits per heavy atom. The molecule has 0 saturated heterocycles. The van der Waals surface area contributed by atoms with Gasteiger partial charge < -0.3 is 4.74 Å². The molecule has 14 heavy (non-hydrogen) atoms. The molecule has 1 rings (SSSR count). The molecule has 0 aliphatic rings. The van der Waals surface area contributed by atoms with Crippen LogP contribution in [-0.2, 0) is 4.74 Å². The zero-order valence-electron chi connectivity index (χ0n) is 6.83. The number of ether oxygens (including phenoxy) is 1. The topological polar surface area (TPSA) is 26.3 Å². The summed E-state index contributed by atoms with van der Waals surface area (Å²) in [6, 6.07) is 2.49. The number of halogens is 4. The number of benzene rings is 1. The highest BCUT2D eigenvalue weighted by atomic mass is 35.5. The number of carbonyl (C=O) groups excluding carboxylic acids is 1. The Morgan fingerprint density at radius 1 is 1.14 bits per heavy atom. The Balaban J connectivity index is 3.47. The van der Waals surface area contributed by atoms with Gasteiger partial charge in [0.25, 0.3) is 0 Å². The van der Waals surface area contributed by atoms with E-state index in [2.05, 4.69) is 10.8 Å². The molecule has 0 atom stereocenters. The van der Waals surface area contributed by atoms with Crippen LogP contribution in [0.4, 0.5) is 0 Å². The molecular formula is C8H3Cl4O2. The average Bonchev–Trinajstić information content (AvgIpc) is 2.15. The Bertz CT molecular complexity index is 363. The maximum atomic E-state index is 11.2. The summed E-state index contributed by atoms with van der Waals surface area (Å²) in [4.78, 5) is 11.2. The lowest BCUT2D eigenvalue weighted by molar-refractivity contribution is 0.0601. The lowest BCUT2D eigenvalue weighted by atomic mass is 10.2. The van der Waals surface area contributed by atoms with Crippen molar-refractivity contribution < 1.29 is 9.53 Å². The Kier molecular flexibility index (Phi) is 3.90. The first-order chi connectivity index (χ1) is 6.49. The molecule has 0 heterocycles. The van der Waals surface area contributed by atoms with Crippen LogP contribution in [0.2, 0.25) is 20.1 Å². The maximum absolute atomic E-state index is 11.2. The van der Waals surface area contributed by atoms with Gasteiger partial charge >= 0.3 is 5.97 Å². The van der Waals surface area contributed by atoms with Gasteiger partial charge in [-0.15, -0.1) is 0 Å². The summed E-state index contributed by atoms with van der Waals surface area (Å²) in [7, 11) is 1.20. The molecule has 75 valence electrons. The van der Waals surface area contributed by atoms with E-state index < -0.39 is 5.97 Å². The molecule has 1 radical (unpaired) electrons. The second-order valence-corrected chi connectivity index (χ2v) is 3.76. The largest absolute Gasteiger partial charge is 0.465 e. The molecule has 0 aliphatic heterocycles. The van der Waals surface area contributed by atoms with Crippen LogP contribution < -0.4 is 0 Å². The second-order valence-electron chi connectivity index (χ2n) is 2.25. The normalized spacial score (nSPS) is 10.1. The first-order valence-electron chi connectivity index (χ1n) is 3.32. The van der Waals surface area contributed by atoms with Gasteiger partial charge in [0, 0.05) is 6.07 Å². The molecule has 0 bridgehead atoms. The van der Waals surface area contributed by atoms with E-state index in [1.54, 1.807) is 0 Å². The van der Waals surface area contributed by atoms with Gasteiger partial charge in [0.2, 0.25) is 0 Å². The summed E-state index contributed by atoms with van der Waals surface area (Å²) in [6.07, 6.45) is 0. The molecule has 1 aromatic carbocycles. The fraction of sp³-hybridized carbons (Fsp3) is 0.125. The van der Waals surface area contributed by atoms with Gasteiger partial charge in [-0.3, -0.25) is 0 Å². The van der Waals surface area contributed by atoms with E-state index in [0.29, 0.717) is 0 Å². The van der Waals surface area contributed by atoms with Crippen LogP contribution >= 0.6 is 46.4 Å². The number of carbonyl (C=O) groups is 1. The van der Waals surface area contributed by atoms with Crippen LogP contribution in [0, 0.1) is 6.07 Å². The predicted octanol–water partition coefficient (Wildman–Crippen LogP) is 3.89. The van der Waals surface area contributed by atoms with Crippen molar-refractivity contribution in [1.29, 1.82) is 0 Å². The van der Waals surface area contributed by atoms with Crippen molar-refractivity contribution in [1.82, 2.24) is 0 Å². The van der Waals surface area contributed by atoms with Crippen LogP contribution in [0.25, 0.3) is 0 Å². The highest BCUT2D eigenvalue weighted by Crippen LogP contribution is 2.36. The minimum Gasteiger partial charge on any atom is -0.465 e. The van der Waals surface area contributed by atoms with Gasteiger partial charge in [-0.05, 0) is 0 Å². The maximum Gasteiger partial charge on any atom is 0.341 e. The van der Waals surface area contributed by atoms with Crippen LogP contribution in [0.1, 0.15) is 10.4 Å². The van der Waals surface area contributed by atoms with Crippen molar-refractivity contribution in [3.05, 3.63) is 31.7 Å². The zero-order chi connectivity index (χ0) is 10.9. The molecule has 0 N–H and O–H groups in total. The average molecular weight is 273 g/mol. The molecule has 1 aromatic rings. The van der Waals surface area contributed by atoms with E-state index in [1.807, 2.05) is 0 Å². The quantitative estimate of drug-likeness (QED) is 0.573. The van der Waals surface area contributed by atoms with E-state index in [0.717, 1.165) is 0 Å². The third-order valence-corrected chi connectivity index (χ3v) is 2.95.